The summed E-state index contributed by atoms with van der Waals surface area (Å²) >= 11 is 0. The molecule has 2 rings (SSSR count). The van der Waals surface area contributed by atoms with E-state index >= 15 is 0 Å². The molecular formula is C17H25N3O4. The fourth-order valence-corrected chi connectivity index (χ4v) is 2.61. The van der Waals surface area contributed by atoms with Crippen LogP contribution in [0.2, 0.25) is 0 Å². The Morgan fingerprint density at radius 2 is 1.83 bits per heavy atom. The lowest BCUT2D eigenvalue weighted by molar-refractivity contribution is 0.125. The van der Waals surface area contributed by atoms with Crippen LogP contribution in [0.1, 0.15) is 18.9 Å². The first-order valence-corrected chi connectivity index (χ1v) is 8.20. The molecule has 7 nitrogen and oxygen atoms in total. The van der Waals surface area contributed by atoms with Gasteiger partial charge in [-0.05, 0) is 19.4 Å². The summed E-state index contributed by atoms with van der Waals surface area (Å²) < 4.78 is 10.2. The summed E-state index contributed by atoms with van der Waals surface area (Å²) in [6, 6.07) is 7.44. The number of amides is 3. The molecule has 0 aromatic heterocycles. The molecule has 0 radical (unpaired) electrons. The summed E-state index contributed by atoms with van der Waals surface area (Å²) in [6.45, 7) is 5.17. The third kappa shape index (κ3) is 4.86. The number of hydrogen-bond donors (Lipinski definition) is 1. The molecule has 1 aliphatic rings. The van der Waals surface area contributed by atoms with Gasteiger partial charge in [0, 0.05) is 44.0 Å². The number of nitrogens with one attached hydrogen (secondary N) is 1. The number of urea groups is 1. The van der Waals surface area contributed by atoms with Crippen molar-refractivity contribution in [2.45, 2.75) is 20.0 Å². The summed E-state index contributed by atoms with van der Waals surface area (Å²) in [7, 11) is 1.37. The SMILES string of the molecule is CCOCc1ccccc1NC(=O)N1CCCN(C(=O)OC)CC1. The molecule has 0 aliphatic carbocycles. The van der Waals surface area contributed by atoms with Crippen LogP contribution >= 0.6 is 0 Å². The fraction of sp³-hybridized carbons (Fsp3) is 0.529. The van der Waals surface area contributed by atoms with Crippen LogP contribution in [-0.2, 0) is 16.1 Å². The van der Waals surface area contributed by atoms with E-state index in [0.29, 0.717) is 39.4 Å². The highest BCUT2D eigenvalue weighted by Crippen LogP contribution is 2.17. The minimum Gasteiger partial charge on any atom is -0.453 e. The Hall–Kier alpha value is -2.28. The van der Waals surface area contributed by atoms with Gasteiger partial charge in [0.2, 0.25) is 0 Å². The normalized spacial score (nSPS) is 14.9. The van der Waals surface area contributed by atoms with Crippen LogP contribution in [-0.4, -0.2) is 61.8 Å². The first-order chi connectivity index (χ1) is 11.7. The average molecular weight is 335 g/mol. The molecule has 3 amide bonds. The van der Waals surface area contributed by atoms with Crippen LogP contribution in [0.3, 0.4) is 0 Å². The summed E-state index contributed by atoms with van der Waals surface area (Å²) in [5.41, 5.74) is 1.70. The monoisotopic (exact) mass is 335 g/mol. The van der Waals surface area contributed by atoms with Crippen LogP contribution in [0.15, 0.2) is 24.3 Å². The number of methoxy groups -OCH3 is 1. The highest BCUT2D eigenvalue weighted by molar-refractivity contribution is 5.90. The summed E-state index contributed by atoms with van der Waals surface area (Å²) in [5.74, 6) is 0. The van der Waals surface area contributed by atoms with Crippen LogP contribution in [0.5, 0.6) is 0 Å². The van der Waals surface area contributed by atoms with Crippen molar-refractivity contribution in [3.8, 4) is 0 Å². The molecule has 1 aliphatic heterocycles. The number of ether oxygens (including phenoxy) is 2. The molecule has 132 valence electrons. The molecule has 0 bridgehead atoms. The maximum atomic E-state index is 12.5. The van der Waals surface area contributed by atoms with Gasteiger partial charge in [-0.1, -0.05) is 18.2 Å². The van der Waals surface area contributed by atoms with Crippen molar-refractivity contribution in [2.24, 2.45) is 0 Å². The van der Waals surface area contributed by atoms with E-state index in [-0.39, 0.29) is 12.1 Å². The number of rotatable bonds is 4. The first-order valence-electron chi connectivity index (χ1n) is 8.20. The van der Waals surface area contributed by atoms with E-state index in [1.54, 1.807) is 9.80 Å². The Labute approximate surface area is 142 Å². The predicted molar refractivity (Wildman–Crippen MR) is 91.0 cm³/mol. The Balaban J connectivity index is 1.96. The van der Waals surface area contributed by atoms with Crippen molar-refractivity contribution in [3.63, 3.8) is 0 Å². The highest BCUT2D eigenvalue weighted by Gasteiger charge is 2.22. The molecule has 7 heteroatoms. The van der Waals surface area contributed by atoms with Gasteiger partial charge in [0.25, 0.3) is 0 Å². The van der Waals surface area contributed by atoms with E-state index in [2.05, 4.69) is 5.32 Å². The van der Waals surface area contributed by atoms with Crippen molar-refractivity contribution in [1.29, 1.82) is 0 Å². The number of nitrogens with zero attached hydrogens (tertiary/aromatic N) is 2. The standard InChI is InChI=1S/C17H25N3O4/c1-3-24-13-14-7-4-5-8-15(14)18-16(21)19-9-6-10-20(12-11-19)17(22)23-2/h4-5,7-8H,3,6,9-13H2,1-2H3,(H,18,21). The minimum absolute atomic E-state index is 0.161. The number of benzene rings is 1. The minimum atomic E-state index is -0.348. The van der Waals surface area contributed by atoms with Gasteiger partial charge < -0.3 is 24.6 Å². The number of carbonyl (C=O) groups is 2. The molecule has 24 heavy (non-hydrogen) atoms. The van der Waals surface area contributed by atoms with Gasteiger partial charge in [0.1, 0.15) is 0 Å². The lowest BCUT2D eigenvalue weighted by Crippen LogP contribution is -2.39. The van der Waals surface area contributed by atoms with Gasteiger partial charge in [-0.15, -0.1) is 0 Å². The summed E-state index contributed by atoms with van der Waals surface area (Å²) in [6.07, 6.45) is 0.377. The number of para-hydroxylation sites is 1. The van der Waals surface area contributed by atoms with Crippen molar-refractivity contribution in [2.75, 3.05) is 45.2 Å². The van der Waals surface area contributed by atoms with E-state index in [0.717, 1.165) is 17.7 Å². The molecule has 0 saturated carbocycles. The van der Waals surface area contributed by atoms with Crippen molar-refractivity contribution in [1.82, 2.24) is 9.80 Å². The molecule has 1 N–H and O–H groups in total. The molecule has 0 spiro atoms. The molecule has 1 heterocycles. The predicted octanol–water partition coefficient (Wildman–Crippen LogP) is 2.53. The zero-order valence-electron chi connectivity index (χ0n) is 14.3. The quantitative estimate of drug-likeness (QED) is 0.918. The first kappa shape index (κ1) is 18.1. The molecule has 1 aromatic rings. The maximum absolute atomic E-state index is 12.5. The Morgan fingerprint density at radius 3 is 2.58 bits per heavy atom. The van der Waals surface area contributed by atoms with Crippen LogP contribution in [0, 0.1) is 0 Å². The number of hydrogen-bond acceptors (Lipinski definition) is 4. The van der Waals surface area contributed by atoms with Gasteiger partial charge in [0.05, 0.1) is 13.7 Å². The van der Waals surface area contributed by atoms with Crippen LogP contribution in [0.25, 0.3) is 0 Å². The molecular weight excluding hydrogens is 310 g/mol. The maximum Gasteiger partial charge on any atom is 0.409 e. The lowest BCUT2D eigenvalue weighted by Gasteiger charge is -2.22. The van der Waals surface area contributed by atoms with E-state index in [4.69, 9.17) is 9.47 Å². The zero-order valence-corrected chi connectivity index (χ0v) is 14.3. The largest absolute Gasteiger partial charge is 0.453 e. The molecule has 1 aromatic carbocycles. The van der Waals surface area contributed by atoms with Crippen LogP contribution < -0.4 is 5.32 Å². The van der Waals surface area contributed by atoms with Gasteiger partial charge >= 0.3 is 12.1 Å². The topological polar surface area (TPSA) is 71.1 Å². The second-order valence-electron chi connectivity index (χ2n) is 5.52. The highest BCUT2D eigenvalue weighted by atomic mass is 16.5. The summed E-state index contributed by atoms with van der Waals surface area (Å²) in [4.78, 5) is 27.5. The molecule has 1 fully saturated rings. The number of anilines is 1. The van der Waals surface area contributed by atoms with Crippen molar-refractivity contribution >= 4 is 17.8 Å². The second-order valence-corrected chi connectivity index (χ2v) is 5.52. The van der Waals surface area contributed by atoms with E-state index in [1.165, 1.54) is 7.11 Å². The third-order valence-corrected chi connectivity index (χ3v) is 3.94. The molecule has 1 saturated heterocycles. The molecule has 0 unspecified atom stereocenters. The number of carbonyl (C=O) groups excluding carboxylic acids is 2. The van der Waals surface area contributed by atoms with Gasteiger partial charge in [-0.2, -0.15) is 0 Å². The lowest BCUT2D eigenvalue weighted by atomic mass is 10.2. The van der Waals surface area contributed by atoms with E-state index < -0.39 is 0 Å². The Kier molecular flexibility index (Phi) is 6.87. The van der Waals surface area contributed by atoms with Gasteiger partial charge in [-0.3, -0.25) is 0 Å². The van der Waals surface area contributed by atoms with Crippen molar-refractivity contribution < 1.29 is 19.1 Å². The summed E-state index contributed by atoms with van der Waals surface area (Å²) in [5, 5.41) is 2.95. The van der Waals surface area contributed by atoms with E-state index in [1.807, 2.05) is 31.2 Å². The Morgan fingerprint density at radius 1 is 1.12 bits per heavy atom. The van der Waals surface area contributed by atoms with Gasteiger partial charge in [-0.25, -0.2) is 9.59 Å². The van der Waals surface area contributed by atoms with Crippen LogP contribution in [0.4, 0.5) is 15.3 Å². The Bertz CT molecular complexity index is 565. The van der Waals surface area contributed by atoms with Gasteiger partial charge in [0.15, 0.2) is 0 Å². The third-order valence-electron chi connectivity index (χ3n) is 3.94. The fourth-order valence-electron chi connectivity index (χ4n) is 2.61. The van der Waals surface area contributed by atoms with Crippen molar-refractivity contribution in [3.05, 3.63) is 29.8 Å². The zero-order chi connectivity index (χ0) is 17.4. The molecule has 0 atom stereocenters. The smallest absolute Gasteiger partial charge is 0.409 e. The average Bonchev–Trinajstić information content (AvgIpc) is 2.86. The second kappa shape index (κ2) is 9.12. The van der Waals surface area contributed by atoms with E-state index in [9.17, 15) is 9.59 Å².